The number of aliphatic hydroxyl groups excluding tert-OH is 1. The van der Waals surface area contributed by atoms with Crippen molar-refractivity contribution in [3.63, 3.8) is 0 Å². The maximum Gasteiger partial charge on any atom is 0.123 e. The summed E-state index contributed by atoms with van der Waals surface area (Å²) in [5, 5.41) is 13.0. The molecule has 2 nitrogen and oxygen atoms in total. The molecule has 2 N–H and O–H groups in total. The third-order valence-corrected chi connectivity index (χ3v) is 2.72. The van der Waals surface area contributed by atoms with Gasteiger partial charge in [-0.3, -0.25) is 0 Å². The predicted octanol–water partition coefficient (Wildman–Crippen LogP) is 1.86. The smallest absolute Gasteiger partial charge is 0.123 e. The molecular weight excluding hydrogens is 193 g/mol. The SMILES string of the molecule is OC(CNCC1CC1)c1ccc(F)cc1. The Morgan fingerprint density at radius 1 is 1.33 bits per heavy atom. The number of halogens is 1. The van der Waals surface area contributed by atoms with E-state index in [-0.39, 0.29) is 5.82 Å². The van der Waals surface area contributed by atoms with Crippen molar-refractivity contribution in [2.75, 3.05) is 13.1 Å². The molecule has 1 fully saturated rings. The summed E-state index contributed by atoms with van der Waals surface area (Å²) in [5.74, 6) is 0.544. The van der Waals surface area contributed by atoms with E-state index in [2.05, 4.69) is 5.32 Å². The van der Waals surface area contributed by atoms with Gasteiger partial charge in [0, 0.05) is 6.54 Å². The second-order valence-electron chi connectivity index (χ2n) is 4.17. The second-order valence-corrected chi connectivity index (χ2v) is 4.17. The molecule has 1 aliphatic rings. The van der Waals surface area contributed by atoms with Crippen LogP contribution in [0.2, 0.25) is 0 Å². The van der Waals surface area contributed by atoms with Gasteiger partial charge in [-0.25, -0.2) is 4.39 Å². The zero-order valence-electron chi connectivity index (χ0n) is 8.62. The van der Waals surface area contributed by atoms with Crippen LogP contribution in [0.1, 0.15) is 24.5 Å². The third-order valence-electron chi connectivity index (χ3n) is 2.72. The first-order valence-electron chi connectivity index (χ1n) is 5.40. The molecule has 0 bridgehead atoms. The Hall–Kier alpha value is -0.930. The molecule has 2 rings (SSSR count). The van der Waals surface area contributed by atoms with Crippen molar-refractivity contribution in [3.05, 3.63) is 35.6 Å². The summed E-state index contributed by atoms with van der Waals surface area (Å²) in [7, 11) is 0. The molecule has 0 spiro atoms. The number of nitrogens with one attached hydrogen (secondary N) is 1. The summed E-state index contributed by atoms with van der Waals surface area (Å²) in [6, 6.07) is 6.00. The molecule has 1 aromatic rings. The number of benzene rings is 1. The molecule has 1 aliphatic carbocycles. The van der Waals surface area contributed by atoms with E-state index < -0.39 is 6.10 Å². The van der Waals surface area contributed by atoms with Crippen LogP contribution in [-0.4, -0.2) is 18.2 Å². The molecule has 0 amide bonds. The van der Waals surface area contributed by atoms with Gasteiger partial charge in [0.15, 0.2) is 0 Å². The maximum absolute atomic E-state index is 12.6. The second kappa shape index (κ2) is 4.73. The topological polar surface area (TPSA) is 32.3 Å². The summed E-state index contributed by atoms with van der Waals surface area (Å²) >= 11 is 0. The molecule has 82 valence electrons. The Morgan fingerprint density at radius 2 is 2.00 bits per heavy atom. The normalized spacial score (nSPS) is 17.7. The molecule has 0 aromatic heterocycles. The van der Waals surface area contributed by atoms with Crippen molar-refractivity contribution < 1.29 is 9.50 Å². The molecule has 3 heteroatoms. The average molecular weight is 209 g/mol. The van der Waals surface area contributed by atoms with Gasteiger partial charge >= 0.3 is 0 Å². The molecule has 15 heavy (non-hydrogen) atoms. The van der Waals surface area contributed by atoms with Crippen molar-refractivity contribution in [2.24, 2.45) is 5.92 Å². The van der Waals surface area contributed by atoms with E-state index in [1.807, 2.05) is 0 Å². The monoisotopic (exact) mass is 209 g/mol. The highest BCUT2D eigenvalue weighted by molar-refractivity contribution is 5.18. The molecule has 1 saturated carbocycles. The van der Waals surface area contributed by atoms with Gasteiger partial charge in [0.1, 0.15) is 5.82 Å². The Labute approximate surface area is 89.1 Å². The minimum absolute atomic E-state index is 0.267. The fourth-order valence-electron chi connectivity index (χ4n) is 1.55. The Kier molecular flexibility index (Phi) is 3.34. The minimum atomic E-state index is -0.538. The van der Waals surface area contributed by atoms with Gasteiger partial charge in [0.2, 0.25) is 0 Å². The van der Waals surface area contributed by atoms with E-state index in [4.69, 9.17) is 0 Å². The van der Waals surface area contributed by atoms with Crippen LogP contribution >= 0.6 is 0 Å². The van der Waals surface area contributed by atoms with Crippen molar-refractivity contribution >= 4 is 0 Å². The lowest BCUT2D eigenvalue weighted by atomic mass is 10.1. The molecule has 1 atom stereocenters. The van der Waals surface area contributed by atoms with Gasteiger partial charge in [0.25, 0.3) is 0 Å². The molecule has 0 heterocycles. The average Bonchev–Trinajstić information content (AvgIpc) is 3.02. The van der Waals surface area contributed by atoms with Gasteiger partial charge in [-0.05, 0) is 43.0 Å². The lowest BCUT2D eigenvalue weighted by molar-refractivity contribution is 0.174. The number of rotatable bonds is 5. The minimum Gasteiger partial charge on any atom is -0.387 e. The van der Waals surface area contributed by atoms with Gasteiger partial charge in [-0.15, -0.1) is 0 Å². The van der Waals surface area contributed by atoms with E-state index in [9.17, 15) is 9.50 Å². The van der Waals surface area contributed by atoms with Crippen molar-refractivity contribution in [2.45, 2.75) is 18.9 Å². The Bertz CT molecular complexity index is 308. The molecule has 1 aromatic carbocycles. The summed E-state index contributed by atoms with van der Waals surface area (Å²) < 4.78 is 12.6. The highest BCUT2D eigenvalue weighted by atomic mass is 19.1. The van der Waals surface area contributed by atoms with E-state index in [1.54, 1.807) is 12.1 Å². The molecule has 0 aliphatic heterocycles. The van der Waals surface area contributed by atoms with Crippen LogP contribution in [0.15, 0.2) is 24.3 Å². The van der Waals surface area contributed by atoms with Crippen LogP contribution in [-0.2, 0) is 0 Å². The number of hydrogen-bond acceptors (Lipinski definition) is 2. The van der Waals surface area contributed by atoms with E-state index in [0.717, 1.165) is 18.0 Å². The first-order chi connectivity index (χ1) is 7.25. The molecular formula is C12H16FNO. The lowest BCUT2D eigenvalue weighted by Gasteiger charge is -2.11. The first kappa shape index (κ1) is 10.6. The summed E-state index contributed by atoms with van der Waals surface area (Å²) in [6.07, 6.45) is 2.07. The van der Waals surface area contributed by atoms with Gasteiger partial charge in [-0.2, -0.15) is 0 Å². The van der Waals surface area contributed by atoms with Crippen LogP contribution in [0.3, 0.4) is 0 Å². The summed E-state index contributed by atoms with van der Waals surface area (Å²) in [6.45, 7) is 1.53. The fourth-order valence-corrected chi connectivity index (χ4v) is 1.55. The Balaban J connectivity index is 1.78. The highest BCUT2D eigenvalue weighted by Gasteiger charge is 2.20. The molecule has 0 saturated heterocycles. The van der Waals surface area contributed by atoms with Crippen molar-refractivity contribution in [3.8, 4) is 0 Å². The van der Waals surface area contributed by atoms with Crippen LogP contribution in [0.25, 0.3) is 0 Å². The van der Waals surface area contributed by atoms with Gasteiger partial charge < -0.3 is 10.4 Å². The standard InChI is InChI=1S/C12H16FNO/c13-11-5-3-10(4-6-11)12(15)8-14-7-9-1-2-9/h3-6,9,12,14-15H,1-2,7-8H2. The van der Waals surface area contributed by atoms with Crippen LogP contribution in [0.5, 0.6) is 0 Å². The van der Waals surface area contributed by atoms with Crippen LogP contribution < -0.4 is 5.32 Å². The molecule has 0 radical (unpaired) electrons. The predicted molar refractivity (Wildman–Crippen MR) is 57.0 cm³/mol. The van der Waals surface area contributed by atoms with E-state index in [1.165, 1.54) is 25.0 Å². The largest absolute Gasteiger partial charge is 0.387 e. The number of aliphatic hydroxyl groups is 1. The van der Waals surface area contributed by atoms with Gasteiger partial charge in [0.05, 0.1) is 6.10 Å². The zero-order chi connectivity index (χ0) is 10.7. The fraction of sp³-hybridized carbons (Fsp3) is 0.500. The quantitative estimate of drug-likeness (QED) is 0.775. The third kappa shape index (κ3) is 3.29. The van der Waals surface area contributed by atoms with E-state index in [0.29, 0.717) is 6.54 Å². The molecule has 1 unspecified atom stereocenters. The summed E-state index contributed by atoms with van der Waals surface area (Å²) in [4.78, 5) is 0. The Morgan fingerprint density at radius 3 is 2.60 bits per heavy atom. The van der Waals surface area contributed by atoms with Crippen molar-refractivity contribution in [1.29, 1.82) is 0 Å². The van der Waals surface area contributed by atoms with Crippen molar-refractivity contribution in [1.82, 2.24) is 5.32 Å². The zero-order valence-corrected chi connectivity index (χ0v) is 8.62. The maximum atomic E-state index is 12.6. The highest BCUT2D eigenvalue weighted by Crippen LogP contribution is 2.27. The van der Waals surface area contributed by atoms with Crippen LogP contribution in [0, 0.1) is 11.7 Å². The first-order valence-corrected chi connectivity index (χ1v) is 5.40. The van der Waals surface area contributed by atoms with E-state index >= 15 is 0 Å². The van der Waals surface area contributed by atoms with Crippen LogP contribution in [0.4, 0.5) is 4.39 Å². The lowest BCUT2D eigenvalue weighted by Crippen LogP contribution is -2.23. The number of hydrogen-bond donors (Lipinski definition) is 2. The summed E-state index contributed by atoms with van der Waals surface area (Å²) in [5.41, 5.74) is 0.764. The van der Waals surface area contributed by atoms with Gasteiger partial charge in [-0.1, -0.05) is 12.1 Å².